The van der Waals surface area contributed by atoms with E-state index < -0.39 is 22.1 Å². The molecular weight excluding hydrogens is 464 g/mol. The summed E-state index contributed by atoms with van der Waals surface area (Å²) in [6.07, 6.45) is 2.45. The van der Waals surface area contributed by atoms with Gasteiger partial charge in [0.2, 0.25) is 0 Å². The molecule has 1 aliphatic rings. The lowest BCUT2D eigenvalue weighted by Crippen LogP contribution is -2.37. The fourth-order valence-corrected chi connectivity index (χ4v) is 5.42. The first-order valence-corrected chi connectivity index (χ1v) is 12.6. The zero-order valence-electron chi connectivity index (χ0n) is 19.5. The Kier molecular flexibility index (Phi) is 7.02. The van der Waals surface area contributed by atoms with Gasteiger partial charge in [-0.15, -0.1) is 0 Å². The summed E-state index contributed by atoms with van der Waals surface area (Å²) in [6, 6.07) is 22.8. The average molecular weight is 491 g/mol. The highest BCUT2D eigenvalue weighted by atomic mass is 32.2. The number of sulfonamides is 1. The number of carbonyl (C=O) groups excluding carboxylic acids is 2. The van der Waals surface area contributed by atoms with Gasteiger partial charge in [0.25, 0.3) is 15.9 Å². The topological polar surface area (TPSA) is 84.0 Å². The van der Waals surface area contributed by atoms with E-state index in [4.69, 9.17) is 4.74 Å². The number of fused-ring (bicyclic) bond motifs is 1. The van der Waals surface area contributed by atoms with Crippen LogP contribution >= 0.6 is 0 Å². The molecule has 180 valence electrons. The van der Waals surface area contributed by atoms with E-state index in [1.165, 1.54) is 40.4 Å². The molecule has 0 N–H and O–H groups in total. The van der Waals surface area contributed by atoms with Crippen molar-refractivity contribution in [2.75, 3.05) is 22.8 Å². The van der Waals surface area contributed by atoms with Crippen molar-refractivity contribution in [2.45, 2.75) is 24.3 Å². The zero-order chi connectivity index (χ0) is 25.0. The van der Waals surface area contributed by atoms with Crippen LogP contribution in [0.4, 0.5) is 11.4 Å². The van der Waals surface area contributed by atoms with Crippen molar-refractivity contribution < 1.29 is 22.7 Å². The van der Waals surface area contributed by atoms with Crippen molar-refractivity contribution in [2.24, 2.45) is 0 Å². The smallest absolute Gasteiger partial charge is 0.331 e. The number of hydrogen-bond acceptors (Lipinski definition) is 5. The number of esters is 1. The van der Waals surface area contributed by atoms with E-state index in [0.29, 0.717) is 29.9 Å². The number of likely N-dealkylation sites (N-methyl/N-ethyl adjacent to an activating group) is 1. The molecule has 0 spiro atoms. The third-order valence-corrected chi connectivity index (χ3v) is 7.67. The Bertz CT molecular complexity index is 1350. The number of carbonyl (C=O) groups is 2. The summed E-state index contributed by atoms with van der Waals surface area (Å²) in [4.78, 5) is 26.4. The number of hydrogen-bond donors (Lipinski definition) is 0. The average Bonchev–Trinajstić information content (AvgIpc) is 3.32. The van der Waals surface area contributed by atoms with Gasteiger partial charge >= 0.3 is 5.97 Å². The van der Waals surface area contributed by atoms with Gasteiger partial charge < -0.3 is 9.64 Å². The molecule has 0 fully saturated rings. The lowest BCUT2D eigenvalue weighted by atomic mass is 10.2. The molecule has 0 unspecified atom stereocenters. The molecule has 35 heavy (non-hydrogen) atoms. The SMILES string of the molecule is C[C@@H](OC(=O)/C=C/c1ccc(S(=O)(=O)N2CCc3ccccc32)cc1)C(=O)N(C)c1ccccc1. The van der Waals surface area contributed by atoms with Crippen LogP contribution in [0.25, 0.3) is 6.08 Å². The molecule has 3 aromatic rings. The van der Waals surface area contributed by atoms with Crippen molar-refractivity contribution in [1.82, 2.24) is 0 Å². The number of anilines is 2. The van der Waals surface area contributed by atoms with Gasteiger partial charge in [0.15, 0.2) is 6.10 Å². The van der Waals surface area contributed by atoms with Crippen LogP contribution in [0, 0.1) is 0 Å². The van der Waals surface area contributed by atoms with E-state index in [2.05, 4.69) is 0 Å². The van der Waals surface area contributed by atoms with Crippen LogP contribution in [-0.2, 0) is 30.8 Å². The third kappa shape index (κ3) is 5.27. The normalized spacial score (nSPS) is 13.9. The Labute approximate surface area is 205 Å². The molecule has 1 amide bonds. The van der Waals surface area contributed by atoms with Crippen LogP contribution in [0.1, 0.15) is 18.1 Å². The number of rotatable bonds is 7. The van der Waals surface area contributed by atoms with Crippen molar-refractivity contribution in [3.8, 4) is 0 Å². The van der Waals surface area contributed by atoms with Crippen LogP contribution in [0.5, 0.6) is 0 Å². The van der Waals surface area contributed by atoms with Crippen molar-refractivity contribution >= 4 is 39.4 Å². The quantitative estimate of drug-likeness (QED) is 0.369. The molecule has 4 rings (SSSR count). The number of nitrogens with zero attached hydrogens (tertiary/aromatic N) is 2. The van der Waals surface area contributed by atoms with Gasteiger partial charge in [-0.3, -0.25) is 9.10 Å². The molecular formula is C27H26N2O5S. The van der Waals surface area contributed by atoms with Crippen LogP contribution in [0.15, 0.2) is 89.8 Å². The molecule has 7 nitrogen and oxygen atoms in total. The summed E-state index contributed by atoms with van der Waals surface area (Å²) >= 11 is 0. The second kappa shape index (κ2) is 10.1. The molecule has 0 bridgehead atoms. The Hall–Kier alpha value is -3.91. The largest absolute Gasteiger partial charge is 0.449 e. The van der Waals surface area contributed by atoms with Crippen molar-refractivity contribution in [1.29, 1.82) is 0 Å². The first-order valence-electron chi connectivity index (χ1n) is 11.2. The van der Waals surface area contributed by atoms with Gasteiger partial charge in [-0.05, 0) is 60.9 Å². The maximum Gasteiger partial charge on any atom is 0.331 e. The van der Waals surface area contributed by atoms with Crippen molar-refractivity contribution in [3.05, 3.63) is 96.1 Å². The Morgan fingerprint density at radius 2 is 1.63 bits per heavy atom. The van der Waals surface area contributed by atoms with Crippen molar-refractivity contribution in [3.63, 3.8) is 0 Å². The molecule has 1 atom stereocenters. The minimum atomic E-state index is -3.68. The molecule has 0 aliphatic carbocycles. The minimum Gasteiger partial charge on any atom is -0.449 e. The van der Waals surface area contributed by atoms with Gasteiger partial charge in [0.1, 0.15) is 0 Å². The van der Waals surface area contributed by atoms with E-state index >= 15 is 0 Å². The first-order chi connectivity index (χ1) is 16.8. The molecule has 0 radical (unpaired) electrons. The fourth-order valence-electron chi connectivity index (χ4n) is 3.92. The van der Waals surface area contributed by atoms with E-state index in [9.17, 15) is 18.0 Å². The minimum absolute atomic E-state index is 0.178. The van der Waals surface area contributed by atoms with Crippen LogP contribution < -0.4 is 9.21 Å². The maximum atomic E-state index is 13.1. The number of amides is 1. The summed E-state index contributed by atoms with van der Waals surface area (Å²) in [7, 11) is -2.06. The second-order valence-electron chi connectivity index (χ2n) is 8.17. The summed E-state index contributed by atoms with van der Waals surface area (Å²) in [5, 5.41) is 0. The molecule has 3 aromatic carbocycles. The Morgan fingerprint density at radius 3 is 2.34 bits per heavy atom. The zero-order valence-corrected chi connectivity index (χ0v) is 20.3. The van der Waals surface area contributed by atoms with E-state index in [-0.39, 0.29) is 10.8 Å². The third-order valence-electron chi connectivity index (χ3n) is 5.84. The van der Waals surface area contributed by atoms with Crippen LogP contribution in [-0.4, -0.2) is 40.0 Å². The number of para-hydroxylation sites is 2. The van der Waals surface area contributed by atoms with Gasteiger partial charge in [-0.1, -0.05) is 48.5 Å². The highest BCUT2D eigenvalue weighted by Crippen LogP contribution is 2.32. The Balaban J connectivity index is 1.38. The van der Waals surface area contributed by atoms with Gasteiger partial charge in [-0.2, -0.15) is 0 Å². The van der Waals surface area contributed by atoms with E-state index in [0.717, 1.165) is 5.56 Å². The maximum absolute atomic E-state index is 13.1. The van der Waals surface area contributed by atoms with E-state index in [1.807, 2.05) is 42.5 Å². The molecule has 0 aromatic heterocycles. The second-order valence-corrected chi connectivity index (χ2v) is 10.0. The fraction of sp³-hybridized carbons (Fsp3) is 0.185. The molecule has 8 heteroatoms. The monoisotopic (exact) mass is 490 g/mol. The summed E-state index contributed by atoms with van der Waals surface area (Å²) < 4.78 is 32.9. The number of ether oxygens (including phenoxy) is 1. The molecule has 1 heterocycles. The standard InChI is InChI=1S/C27H26N2O5S/c1-20(27(31)28(2)23-9-4-3-5-10-23)34-26(30)17-14-21-12-15-24(16-13-21)35(32,33)29-19-18-22-8-6-7-11-25(22)29/h3-17,20H,18-19H2,1-2H3/b17-14+/t20-/m1/s1. The van der Waals surface area contributed by atoms with E-state index in [1.54, 1.807) is 31.3 Å². The summed E-state index contributed by atoms with van der Waals surface area (Å²) in [5.74, 6) is -1.02. The van der Waals surface area contributed by atoms with Gasteiger partial charge in [0, 0.05) is 25.4 Å². The Morgan fingerprint density at radius 1 is 0.971 bits per heavy atom. The predicted molar refractivity (Wildman–Crippen MR) is 136 cm³/mol. The van der Waals surface area contributed by atoms with Crippen LogP contribution in [0.3, 0.4) is 0 Å². The van der Waals surface area contributed by atoms with Gasteiger partial charge in [0.05, 0.1) is 10.6 Å². The predicted octanol–water partition coefficient (Wildman–Crippen LogP) is 4.05. The lowest BCUT2D eigenvalue weighted by molar-refractivity contribution is -0.148. The lowest BCUT2D eigenvalue weighted by Gasteiger charge is -2.21. The molecule has 0 saturated heterocycles. The molecule has 1 aliphatic heterocycles. The number of benzene rings is 3. The van der Waals surface area contributed by atoms with Crippen LogP contribution in [0.2, 0.25) is 0 Å². The highest BCUT2D eigenvalue weighted by Gasteiger charge is 2.30. The summed E-state index contributed by atoms with van der Waals surface area (Å²) in [5.41, 5.74) is 3.05. The van der Waals surface area contributed by atoms with Gasteiger partial charge in [-0.25, -0.2) is 13.2 Å². The summed E-state index contributed by atoms with van der Waals surface area (Å²) in [6.45, 7) is 1.93. The highest BCUT2D eigenvalue weighted by molar-refractivity contribution is 7.92. The molecule has 0 saturated carbocycles. The first kappa shape index (κ1) is 24.2.